The number of hydrogen-bond donors (Lipinski definition) is 3. The van der Waals surface area contributed by atoms with Gasteiger partial charge in [-0.1, -0.05) is 36.4 Å². The van der Waals surface area contributed by atoms with E-state index in [9.17, 15) is 9.59 Å². The van der Waals surface area contributed by atoms with Crippen LogP contribution in [0.1, 0.15) is 0 Å². The summed E-state index contributed by atoms with van der Waals surface area (Å²) in [5, 5.41) is 1.74. The predicted octanol–water partition coefficient (Wildman–Crippen LogP) is 7.43. The summed E-state index contributed by atoms with van der Waals surface area (Å²) < 4.78 is 31.7. The first-order chi connectivity index (χ1) is 34.4. The Morgan fingerprint density at radius 1 is 0.586 bits per heavy atom. The Hall–Kier alpha value is -7.76. The number of morpholine rings is 2. The molecule has 16 heteroatoms. The van der Waals surface area contributed by atoms with E-state index in [0.717, 1.165) is 157 Å². The van der Waals surface area contributed by atoms with Crippen LogP contribution >= 0.6 is 0 Å². The third-order valence-electron chi connectivity index (χ3n) is 13.4. The second-order valence-corrected chi connectivity index (χ2v) is 17.7. The van der Waals surface area contributed by atoms with Crippen LogP contribution in [0.25, 0.3) is 66.1 Å². The number of aromatic amines is 3. The Kier molecular flexibility index (Phi) is 12.6. The number of para-hydroxylation sites is 2. The first-order valence-corrected chi connectivity index (χ1v) is 23.8. The van der Waals surface area contributed by atoms with Crippen molar-refractivity contribution in [3.63, 3.8) is 0 Å². The van der Waals surface area contributed by atoms with Gasteiger partial charge in [0.15, 0.2) is 17.0 Å². The normalized spacial score (nSPS) is 14.7. The molecule has 0 spiro atoms. The number of aryl methyl sites for hydroxylation is 2. The maximum Gasteiger partial charge on any atom is 0.274 e. The molecular weight excluding hydrogens is 885 g/mol. The number of nitrogens with one attached hydrogen (secondary N) is 3. The van der Waals surface area contributed by atoms with Crippen LogP contribution in [0.2, 0.25) is 0 Å². The summed E-state index contributed by atoms with van der Waals surface area (Å²) in [6.07, 6.45) is 11.3. The van der Waals surface area contributed by atoms with Gasteiger partial charge in [-0.2, -0.15) is 0 Å². The van der Waals surface area contributed by atoms with Crippen molar-refractivity contribution in [2.24, 2.45) is 14.1 Å². The third-order valence-corrected chi connectivity index (χ3v) is 13.4. The molecule has 2 saturated heterocycles. The molecule has 70 heavy (non-hydrogen) atoms. The number of fused-ring (bicyclic) bond motifs is 4. The topological polar surface area (TPSA) is 156 Å². The summed E-state index contributed by atoms with van der Waals surface area (Å²) in [6.45, 7) is 10.5. The Labute approximate surface area is 402 Å². The maximum atomic E-state index is 12.7. The quantitative estimate of drug-likeness (QED) is 0.106. The van der Waals surface area contributed by atoms with Crippen molar-refractivity contribution in [2.75, 3.05) is 65.7 Å². The third kappa shape index (κ3) is 8.89. The number of pyridine rings is 2. The van der Waals surface area contributed by atoms with Gasteiger partial charge in [0.2, 0.25) is 11.8 Å². The molecule has 10 aromatic rings. The lowest BCUT2D eigenvalue weighted by molar-refractivity contribution is -0.670. The molecule has 6 aromatic heterocycles. The molecule has 0 radical (unpaired) electrons. The lowest BCUT2D eigenvalue weighted by atomic mass is 10.0. The number of benzene rings is 4. The molecule has 0 atom stereocenters. The zero-order valence-electron chi connectivity index (χ0n) is 39.3. The number of aromatic nitrogens is 8. The summed E-state index contributed by atoms with van der Waals surface area (Å²) >= 11 is 0. The fourth-order valence-corrected chi connectivity index (χ4v) is 9.61. The fraction of sp³-hybridized carbons (Fsp3) is 0.259. The van der Waals surface area contributed by atoms with E-state index in [2.05, 4.69) is 51.0 Å². The van der Waals surface area contributed by atoms with E-state index in [0.29, 0.717) is 11.0 Å². The molecule has 2 aliphatic rings. The molecule has 2 aliphatic heterocycles. The van der Waals surface area contributed by atoms with Gasteiger partial charge in [0, 0.05) is 118 Å². The number of rotatable bonds is 12. The zero-order chi connectivity index (χ0) is 47.6. The minimum absolute atomic E-state index is 0.0545. The van der Waals surface area contributed by atoms with Gasteiger partial charge >= 0.3 is 0 Å². The highest BCUT2D eigenvalue weighted by atomic mass is 16.5. The molecule has 16 nitrogen and oxygen atoms in total. The fourth-order valence-electron chi connectivity index (χ4n) is 9.61. The van der Waals surface area contributed by atoms with Crippen molar-refractivity contribution in [3.8, 4) is 45.3 Å². The predicted molar refractivity (Wildman–Crippen MR) is 271 cm³/mol. The minimum Gasteiger partial charge on any atom is -0.454 e. The van der Waals surface area contributed by atoms with Crippen molar-refractivity contribution in [1.82, 2.24) is 43.4 Å². The van der Waals surface area contributed by atoms with E-state index in [1.165, 1.54) is 0 Å². The monoisotopic (exact) mass is 939 g/mol. The van der Waals surface area contributed by atoms with Gasteiger partial charge in [0.25, 0.3) is 11.1 Å². The van der Waals surface area contributed by atoms with Crippen LogP contribution in [-0.2, 0) is 36.7 Å². The van der Waals surface area contributed by atoms with E-state index in [4.69, 9.17) is 18.9 Å². The smallest absolute Gasteiger partial charge is 0.274 e. The van der Waals surface area contributed by atoms with Gasteiger partial charge in [-0.15, -0.1) is 0 Å². The van der Waals surface area contributed by atoms with Gasteiger partial charge in [-0.3, -0.25) is 19.4 Å². The Morgan fingerprint density at radius 2 is 1.13 bits per heavy atom. The summed E-state index contributed by atoms with van der Waals surface area (Å²) in [4.78, 5) is 44.5. The number of imidazole rings is 2. The molecule has 4 aromatic carbocycles. The average molecular weight is 940 g/mol. The average Bonchev–Trinajstić information content (AvgIpc) is 4.25. The van der Waals surface area contributed by atoms with Crippen LogP contribution in [0.3, 0.4) is 0 Å². The number of H-pyrrole nitrogens is 3. The largest absolute Gasteiger partial charge is 0.454 e. The Bertz CT molecular complexity index is 3560. The van der Waals surface area contributed by atoms with Crippen molar-refractivity contribution in [1.29, 1.82) is 0 Å². The number of nitrogens with zero attached hydrogens (tertiary/aromatic N) is 7. The SMILES string of the molecule is Cn1cc(-c2ccc3c([nH]c[n+]3CCN3CCOCC3)c2Oc2ccccc2)c2cc[nH]c2c1=O.Cn1cc(-c2ccc3ncn(CCN4CCOCC4)c3c2Oc2ccccc2)c2cc[nH]c2c1=O. The maximum absolute atomic E-state index is 12.7. The van der Waals surface area contributed by atoms with Gasteiger partial charge in [0.05, 0.1) is 38.3 Å². The highest BCUT2D eigenvalue weighted by molar-refractivity contribution is 6.01. The summed E-state index contributed by atoms with van der Waals surface area (Å²) in [7, 11) is 3.55. The summed E-state index contributed by atoms with van der Waals surface area (Å²) in [6, 6.07) is 31.7. The summed E-state index contributed by atoms with van der Waals surface area (Å²) in [5.41, 5.74) is 8.56. The van der Waals surface area contributed by atoms with Crippen LogP contribution in [0.4, 0.5) is 0 Å². The van der Waals surface area contributed by atoms with Gasteiger partial charge in [0.1, 0.15) is 34.6 Å². The lowest BCUT2D eigenvalue weighted by Gasteiger charge is -2.26. The minimum atomic E-state index is -0.0593. The first kappa shape index (κ1) is 44.7. The van der Waals surface area contributed by atoms with Crippen LogP contribution in [0.15, 0.2) is 144 Å². The van der Waals surface area contributed by atoms with Crippen molar-refractivity contribution < 1.29 is 23.5 Å². The summed E-state index contributed by atoms with van der Waals surface area (Å²) in [5.74, 6) is 2.97. The lowest BCUT2D eigenvalue weighted by Crippen LogP contribution is -2.44. The van der Waals surface area contributed by atoms with Crippen LogP contribution in [0, 0.1) is 0 Å². The molecule has 0 aliphatic carbocycles. The van der Waals surface area contributed by atoms with Crippen LogP contribution in [-0.4, -0.2) is 109 Å². The van der Waals surface area contributed by atoms with E-state index < -0.39 is 0 Å². The van der Waals surface area contributed by atoms with E-state index in [-0.39, 0.29) is 11.1 Å². The van der Waals surface area contributed by atoms with Crippen molar-refractivity contribution in [2.45, 2.75) is 13.1 Å². The van der Waals surface area contributed by atoms with Gasteiger partial charge < -0.3 is 42.6 Å². The van der Waals surface area contributed by atoms with Gasteiger partial charge in [-0.05, 0) is 60.7 Å². The standard InChI is InChI=1S/2C27H27N5O3/c1-30-17-22(20-9-10-28-24(20)27(30)33)21-7-8-23-25(26(21)35-19-5-3-2-4-6-19)29-18-32(23)12-11-31-13-15-34-16-14-31;1-30-17-22(20-9-10-28-24(20)27(30)33)21-7-8-23-25(26(21)35-19-5-3-2-4-6-19)32(18-29-23)12-11-31-13-15-34-16-14-31/h2-10,17-18H,11-16H2,1H3,(H,28,33);2-10,17-18,28H,11-16H2,1H3/p+1. The second kappa shape index (κ2) is 19.7. The first-order valence-electron chi connectivity index (χ1n) is 23.8. The van der Waals surface area contributed by atoms with Crippen molar-refractivity contribution >= 4 is 43.9 Å². The molecule has 3 N–H and O–H groups in total. The zero-order valence-corrected chi connectivity index (χ0v) is 39.3. The van der Waals surface area contributed by atoms with E-state index in [1.54, 1.807) is 35.6 Å². The Morgan fingerprint density at radius 3 is 1.73 bits per heavy atom. The Balaban J connectivity index is 0.000000152. The molecule has 0 amide bonds. The van der Waals surface area contributed by atoms with Gasteiger partial charge in [-0.25, -0.2) is 14.5 Å². The van der Waals surface area contributed by atoms with E-state index in [1.807, 2.05) is 110 Å². The molecular formula is C54H55N10O6+. The molecule has 12 rings (SSSR count). The van der Waals surface area contributed by atoms with Crippen molar-refractivity contribution in [3.05, 3.63) is 155 Å². The molecule has 0 bridgehead atoms. The molecule has 0 saturated carbocycles. The molecule has 0 unspecified atom stereocenters. The number of ether oxygens (including phenoxy) is 4. The molecule has 8 heterocycles. The van der Waals surface area contributed by atoms with E-state index >= 15 is 0 Å². The van der Waals surface area contributed by atoms with Crippen LogP contribution in [0.5, 0.6) is 23.0 Å². The van der Waals surface area contributed by atoms with Crippen LogP contribution < -0.4 is 25.2 Å². The highest BCUT2D eigenvalue weighted by Crippen LogP contribution is 2.42. The molecule has 2 fully saturated rings. The highest BCUT2D eigenvalue weighted by Gasteiger charge is 2.25. The molecule has 356 valence electrons. The second-order valence-electron chi connectivity index (χ2n) is 17.7. The number of hydrogen-bond acceptors (Lipinski definition) is 9.